The average Bonchev–Trinajstić information content (AvgIpc) is 3.20. The van der Waals surface area contributed by atoms with E-state index in [1.54, 1.807) is 0 Å². The Balaban J connectivity index is 1.67. The second kappa shape index (κ2) is 6.07. The van der Waals surface area contributed by atoms with Gasteiger partial charge >= 0.3 is 0 Å². The van der Waals surface area contributed by atoms with Crippen LogP contribution in [0.3, 0.4) is 0 Å². The van der Waals surface area contributed by atoms with Gasteiger partial charge in [-0.3, -0.25) is 4.79 Å². The summed E-state index contributed by atoms with van der Waals surface area (Å²) >= 11 is 7.28. The van der Waals surface area contributed by atoms with Crippen molar-refractivity contribution in [2.45, 2.75) is 24.0 Å². The van der Waals surface area contributed by atoms with Crippen molar-refractivity contribution in [1.29, 1.82) is 0 Å². The molecule has 0 bridgehead atoms. The monoisotopic (exact) mass is 322 g/mol. The molecule has 0 radical (unpaired) electrons. The molecule has 1 aromatic carbocycles. The molecule has 1 amide bonds. The van der Waals surface area contributed by atoms with Crippen LogP contribution in [-0.2, 0) is 11.8 Å². The van der Waals surface area contributed by atoms with E-state index in [9.17, 15) is 4.79 Å². The van der Waals surface area contributed by atoms with Crippen molar-refractivity contribution in [3.05, 3.63) is 29.3 Å². The highest BCUT2D eigenvalue weighted by atomic mass is 35.5. The zero-order chi connectivity index (χ0) is 14.8. The normalized spacial score (nSPS) is 14.2. The molecule has 5 nitrogen and oxygen atoms in total. The van der Waals surface area contributed by atoms with Gasteiger partial charge in [-0.15, -0.1) is 10.2 Å². The summed E-state index contributed by atoms with van der Waals surface area (Å²) in [4.78, 5) is 11.7. The Labute approximate surface area is 132 Å². The first kappa shape index (κ1) is 14.4. The van der Waals surface area contributed by atoms with Gasteiger partial charge in [0.25, 0.3) is 0 Å². The number of thioether (sulfide) groups is 1. The molecule has 0 atom stereocenters. The summed E-state index contributed by atoms with van der Waals surface area (Å²) in [6, 6.07) is 7.84. The van der Waals surface area contributed by atoms with Crippen LogP contribution in [0.15, 0.2) is 29.4 Å². The highest BCUT2D eigenvalue weighted by Gasteiger charge is 2.23. The Morgan fingerprint density at radius 1 is 1.38 bits per heavy atom. The van der Waals surface area contributed by atoms with Gasteiger partial charge in [0, 0.05) is 23.7 Å². The number of halogens is 1. The van der Waals surface area contributed by atoms with Crippen molar-refractivity contribution in [1.82, 2.24) is 20.1 Å². The Morgan fingerprint density at radius 3 is 2.76 bits per heavy atom. The number of amides is 1. The van der Waals surface area contributed by atoms with Gasteiger partial charge < -0.3 is 9.88 Å². The molecule has 3 rings (SSSR count). The molecule has 110 valence electrons. The number of hydrogen-bond acceptors (Lipinski definition) is 4. The first-order valence-electron chi connectivity index (χ1n) is 6.71. The Morgan fingerprint density at radius 2 is 2.10 bits per heavy atom. The molecule has 0 aliphatic heterocycles. The van der Waals surface area contributed by atoms with Crippen LogP contribution in [0.2, 0.25) is 5.02 Å². The molecule has 1 aliphatic carbocycles. The van der Waals surface area contributed by atoms with Crippen molar-refractivity contribution in [3.63, 3.8) is 0 Å². The minimum atomic E-state index is 0.0542. The maximum atomic E-state index is 11.7. The maximum Gasteiger partial charge on any atom is 0.230 e. The van der Waals surface area contributed by atoms with Crippen molar-refractivity contribution >= 4 is 29.3 Å². The van der Waals surface area contributed by atoms with Crippen LogP contribution in [0, 0.1) is 0 Å². The predicted molar refractivity (Wildman–Crippen MR) is 83.3 cm³/mol. The zero-order valence-electron chi connectivity index (χ0n) is 11.5. The number of rotatable bonds is 5. The van der Waals surface area contributed by atoms with Crippen LogP contribution in [0.5, 0.6) is 0 Å². The molecule has 0 spiro atoms. The number of aromatic nitrogens is 3. The summed E-state index contributed by atoms with van der Waals surface area (Å²) < 4.78 is 1.89. The summed E-state index contributed by atoms with van der Waals surface area (Å²) in [6.45, 7) is 0. The highest BCUT2D eigenvalue weighted by molar-refractivity contribution is 7.99. The third-order valence-corrected chi connectivity index (χ3v) is 4.48. The van der Waals surface area contributed by atoms with Gasteiger partial charge in [-0.1, -0.05) is 23.4 Å². The Bertz CT molecular complexity index is 651. The second-order valence-electron chi connectivity index (χ2n) is 5.00. The van der Waals surface area contributed by atoms with Gasteiger partial charge in [0.05, 0.1) is 5.75 Å². The van der Waals surface area contributed by atoms with Crippen LogP contribution < -0.4 is 5.32 Å². The molecular weight excluding hydrogens is 308 g/mol. The quantitative estimate of drug-likeness (QED) is 0.859. The minimum Gasteiger partial charge on any atom is -0.353 e. The molecule has 1 saturated carbocycles. The van der Waals surface area contributed by atoms with E-state index in [4.69, 9.17) is 11.6 Å². The summed E-state index contributed by atoms with van der Waals surface area (Å²) in [5.41, 5.74) is 0.948. The zero-order valence-corrected chi connectivity index (χ0v) is 13.1. The van der Waals surface area contributed by atoms with E-state index in [-0.39, 0.29) is 5.91 Å². The van der Waals surface area contributed by atoms with E-state index >= 15 is 0 Å². The summed E-state index contributed by atoms with van der Waals surface area (Å²) in [7, 11) is 1.89. The lowest BCUT2D eigenvalue weighted by Crippen LogP contribution is -2.27. The van der Waals surface area contributed by atoms with Gasteiger partial charge in [-0.05, 0) is 37.1 Å². The Hall–Kier alpha value is -1.53. The number of nitrogens with one attached hydrogen (secondary N) is 1. The van der Waals surface area contributed by atoms with Gasteiger partial charge in [0.1, 0.15) is 0 Å². The van der Waals surface area contributed by atoms with Crippen molar-refractivity contribution in [2.24, 2.45) is 7.05 Å². The summed E-state index contributed by atoms with van der Waals surface area (Å²) in [5, 5.41) is 12.7. The van der Waals surface area contributed by atoms with Crippen LogP contribution in [-0.4, -0.2) is 32.5 Å². The molecule has 1 N–H and O–H groups in total. The lowest BCUT2D eigenvalue weighted by atomic mass is 10.2. The third-order valence-electron chi connectivity index (χ3n) is 3.21. The third kappa shape index (κ3) is 3.57. The van der Waals surface area contributed by atoms with Crippen LogP contribution in [0.25, 0.3) is 11.4 Å². The minimum absolute atomic E-state index is 0.0542. The molecule has 1 aliphatic rings. The number of benzene rings is 1. The number of nitrogens with zero attached hydrogens (tertiary/aromatic N) is 3. The molecule has 1 aromatic heterocycles. The molecule has 0 saturated heterocycles. The molecule has 21 heavy (non-hydrogen) atoms. The molecule has 7 heteroatoms. The van der Waals surface area contributed by atoms with E-state index in [0.29, 0.717) is 16.8 Å². The van der Waals surface area contributed by atoms with Crippen LogP contribution in [0.4, 0.5) is 0 Å². The standard InChI is InChI=1S/C14H15ClN4OS/c1-19-13(9-2-4-10(15)5-3-9)17-18-14(19)21-8-12(20)16-11-6-7-11/h2-5,11H,6-8H2,1H3,(H,16,20). The van der Waals surface area contributed by atoms with E-state index in [2.05, 4.69) is 15.5 Å². The molecule has 1 fully saturated rings. The molecule has 0 unspecified atom stereocenters. The number of carbonyl (C=O) groups excluding carboxylic acids is 1. The lowest BCUT2D eigenvalue weighted by molar-refractivity contribution is -0.118. The van der Waals surface area contributed by atoms with Gasteiger partial charge in [-0.2, -0.15) is 0 Å². The lowest BCUT2D eigenvalue weighted by Gasteiger charge is -2.04. The number of carbonyl (C=O) groups is 1. The molecular formula is C14H15ClN4OS. The van der Waals surface area contributed by atoms with Gasteiger partial charge in [-0.25, -0.2) is 0 Å². The largest absolute Gasteiger partial charge is 0.353 e. The van der Waals surface area contributed by atoms with Gasteiger partial charge in [0.15, 0.2) is 11.0 Å². The number of hydrogen-bond donors (Lipinski definition) is 1. The van der Waals surface area contributed by atoms with Crippen LogP contribution in [0.1, 0.15) is 12.8 Å². The molecule has 2 aromatic rings. The summed E-state index contributed by atoms with van der Waals surface area (Å²) in [5.74, 6) is 1.18. The highest BCUT2D eigenvalue weighted by Crippen LogP contribution is 2.24. The van der Waals surface area contributed by atoms with Crippen LogP contribution >= 0.6 is 23.4 Å². The van der Waals surface area contributed by atoms with E-state index < -0.39 is 0 Å². The topological polar surface area (TPSA) is 59.8 Å². The average molecular weight is 323 g/mol. The van der Waals surface area contributed by atoms with E-state index in [1.807, 2.05) is 35.9 Å². The smallest absolute Gasteiger partial charge is 0.230 e. The fourth-order valence-electron chi connectivity index (χ4n) is 1.92. The van der Waals surface area contributed by atoms with Crippen molar-refractivity contribution < 1.29 is 4.79 Å². The first-order valence-corrected chi connectivity index (χ1v) is 8.07. The fraction of sp³-hybridized carbons (Fsp3) is 0.357. The van der Waals surface area contributed by atoms with Crippen molar-refractivity contribution in [2.75, 3.05) is 5.75 Å². The first-order chi connectivity index (χ1) is 10.1. The Kier molecular flexibility index (Phi) is 4.17. The van der Waals surface area contributed by atoms with E-state index in [1.165, 1.54) is 11.8 Å². The SMILES string of the molecule is Cn1c(SCC(=O)NC2CC2)nnc1-c1ccc(Cl)cc1. The van der Waals surface area contributed by atoms with E-state index in [0.717, 1.165) is 29.4 Å². The maximum absolute atomic E-state index is 11.7. The predicted octanol–water partition coefficient (Wildman–Crippen LogP) is 2.51. The fourth-order valence-corrected chi connectivity index (χ4v) is 2.77. The van der Waals surface area contributed by atoms with Gasteiger partial charge in [0.2, 0.25) is 5.91 Å². The van der Waals surface area contributed by atoms with Crippen molar-refractivity contribution in [3.8, 4) is 11.4 Å². The molecule has 1 heterocycles. The summed E-state index contributed by atoms with van der Waals surface area (Å²) in [6.07, 6.45) is 2.20. The second-order valence-corrected chi connectivity index (χ2v) is 6.38.